The van der Waals surface area contributed by atoms with Gasteiger partial charge in [-0.05, 0) is 49.6 Å². The number of halogens is 3. The molecule has 2 aromatic rings. The number of aliphatic imine (C=N–C) groups is 1. The molecule has 37 heavy (non-hydrogen) atoms. The molecule has 202 valence electrons. The predicted octanol–water partition coefficient (Wildman–Crippen LogP) is 8.37. The van der Waals surface area contributed by atoms with E-state index in [1.54, 1.807) is 19.1 Å². The molecule has 1 aliphatic heterocycles. The lowest BCUT2D eigenvalue weighted by molar-refractivity contribution is -0.197. The topological polar surface area (TPSA) is 65.5 Å². The van der Waals surface area contributed by atoms with Gasteiger partial charge in [0.25, 0.3) is 5.92 Å². The first-order valence-corrected chi connectivity index (χ1v) is 13.4. The number of hydrogen-bond donors (Lipinski definition) is 3. The lowest BCUT2D eigenvalue weighted by Gasteiger charge is -2.48. The molecule has 2 aliphatic rings. The molecule has 8 heteroatoms. The summed E-state index contributed by atoms with van der Waals surface area (Å²) >= 11 is 6.35. The molecule has 0 bridgehead atoms. The van der Waals surface area contributed by atoms with E-state index in [-0.39, 0.29) is 18.7 Å². The second-order valence-corrected chi connectivity index (χ2v) is 9.11. The number of guanidine groups is 1. The molecular formula is C29H39ClF2N4O. The Morgan fingerprint density at radius 3 is 2.38 bits per heavy atom. The van der Waals surface area contributed by atoms with Crippen molar-refractivity contribution in [2.24, 2.45) is 10.4 Å². The van der Waals surface area contributed by atoms with Crippen LogP contribution in [0.15, 0.2) is 48.0 Å². The van der Waals surface area contributed by atoms with Crippen LogP contribution in [0.1, 0.15) is 82.3 Å². The molecule has 0 saturated heterocycles. The molecule has 3 N–H and O–H groups in total. The van der Waals surface area contributed by atoms with Crippen LogP contribution in [0.3, 0.4) is 0 Å². The molecule has 0 amide bonds. The van der Waals surface area contributed by atoms with Gasteiger partial charge in [0.1, 0.15) is 0 Å². The maximum absolute atomic E-state index is 14.2. The Hall–Kier alpha value is -2.93. The lowest BCUT2D eigenvalue weighted by Crippen LogP contribution is -2.53. The third kappa shape index (κ3) is 6.50. The number of benzene rings is 2. The minimum absolute atomic E-state index is 0.0294. The van der Waals surface area contributed by atoms with Gasteiger partial charge >= 0.3 is 0 Å². The van der Waals surface area contributed by atoms with Crippen LogP contribution in [0.2, 0.25) is 5.02 Å². The fourth-order valence-corrected chi connectivity index (χ4v) is 4.64. The maximum Gasteiger partial charge on any atom is 0.255 e. The van der Waals surface area contributed by atoms with Crippen molar-refractivity contribution in [1.82, 2.24) is 5.32 Å². The highest BCUT2D eigenvalue weighted by atomic mass is 35.5. The van der Waals surface area contributed by atoms with E-state index in [2.05, 4.69) is 27.5 Å². The number of Topliss-reactive ketones (excluding diaryl/α,β-unsaturated/α-hetero) is 1. The van der Waals surface area contributed by atoms with Gasteiger partial charge in [-0.3, -0.25) is 9.79 Å². The van der Waals surface area contributed by atoms with E-state index in [0.29, 0.717) is 41.6 Å². The van der Waals surface area contributed by atoms with E-state index < -0.39 is 11.3 Å². The number of ketones is 1. The van der Waals surface area contributed by atoms with Crippen molar-refractivity contribution >= 4 is 40.4 Å². The molecule has 2 aromatic carbocycles. The highest BCUT2D eigenvalue weighted by molar-refractivity contribution is 6.31. The zero-order valence-electron chi connectivity index (χ0n) is 22.7. The number of fused-ring (bicyclic) bond motifs is 1. The van der Waals surface area contributed by atoms with Crippen molar-refractivity contribution in [3.05, 3.63) is 64.7 Å². The summed E-state index contributed by atoms with van der Waals surface area (Å²) in [5, 5.41) is 10.1. The number of carbonyl (C=O) groups is 1. The Morgan fingerprint density at radius 1 is 1.14 bits per heavy atom. The Morgan fingerprint density at radius 2 is 1.81 bits per heavy atom. The van der Waals surface area contributed by atoms with E-state index in [1.165, 1.54) is 6.92 Å². The van der Waals surface area contributed by atoms with E-state index in [1.807, 2.05) is 52.0 Å². The normalized spacial score (nSPS) is 20.0. The number of nitrogens with zero attached hydrogens (tertiary/aromatic N) is 1. The quantitative estimate of drug-likeness (QED) is 0.313. The van der Waals surface area contributed by atoms with Crippen molar-refractivity contribution in [2.45, 2.75) is 73.3 Å². The molecule has 1 aliphatic carbocycles. The summed E-state index contributed by atoms with van der Waals surface area (Å²) in [4.78, 5) is 16.4. The highest BCUT2D eigenvalue weighted by Gasteiger charge is 2.60. The van der Waals surface area contributed by atoms with Crippen molar-refractivity contribution < 1.29 is 13.6 Å². The van der Waals surface area contributed by atoms with Gasteiger partial charge in [0, 0.05) is 40.5 Å². The molecule has 5 nitrogen and oxygen atoms in total. The van der Waals surface area contributed by atoms with Gasteiger partial charge in [-0.15, -0.1) is 0 Å². The van der Waals surface area contributed by atoms with E-state index >= 15 is 0 Å². The first-order valence-electron chi connectivity index (χ1n) is 13.0. The molecule has 1 saturated carbocycles. The van der Waals surface area contributed by atoms with E-state index in [9.17, 15) is 13.6 Å². The third-order valence-electron chi connectivity index (χ3n) is 6.71. The molecule has 0 aromatic heterocycles. The van der Waals surface area contributed by atoms with Crippen LogP contribution < -0.4 is 16.0 Å². The SMILES string of the molecule is C=C1NC(=NCC2(CC)CCC2(F)F)Nc2c(CNc3ccccc3C(C)=O)cc(Cl)cc21.CC.CC. The number of hydrogen-bond acceptors (Lipinski definition) is 3. The Bertz CT molecular complexity index is 1140. The molecule has 4 rings (SSSR count). The largest absolute Gasteiger partial charge is 0.380 e. The van der Waals surface area contributed by atoms with Gasteiger partial charge < -0.3 is 16.0 Å². The average Bonchev–Trinajstić information content (AvgIpc) is 2.90. The Kier molecular flexibility index (Phi) is 10.7. The fourth-order valence-electron chi connectivity index (χ4n) is 4.40. The van der Waals surface area contributed by atoms with Gasteiger partial charge in [0.15, 0.2) is 11.7 Å². The second kappa shape index (κ2) is 13.0. The smallest absolute Gasteiger partial charge is 0.255 e. The first kappa shape index (κ1) is 30.3. The van der Waals surface area contributed by atoms with Crippen LogP contribution in [0.25, 0.3) is 5.70 Å². The van der Waals surface area contributed by atoms with Crippen LogP contribution in [0, 0.1) is 5.41 Å². The maximum atomic E-state index is 14.2. The number of carbonyl (C=O) groups excluding carboxylic acids is 1. The highest BCUT2D eigenvalue weighted by Crippen LogP contribution is 2.56. The van der Waals surface area contributed by atoms with Crippen molar-refractivity contribution in [1.29, 1.82) is 0 Å². The number of para-hydroxylation sites is 1. The van der Waals surface area contributed by atoms with E-state index in [4.69, 9.17) is 11.6 Å². The lowest BCUT2D eigenvalue weighted by atomic mass is 9.63. The number of alkyl halides is 2. The molecule has 1 heterocycles. The van der Waals surface area contributed by atoms with Gasteiger partial charge in [-0.25, -0.2) is 8.78 Å². The zero-order valence-corrected chi connectivity index (χ0v) is 23.5. The number of nitrogens with one attached hydrogen (secondary N) is 3. The summed E-state index contributed by atoms with van der Waals surface area (Å²) in [7, 11) is 0. The van der Waals surface area contributed by atoms with Crippen LogP contribution >= 0.6 is 11.6 Å². The van der Waals surface area contributed by atoms with Crippen molar-refractivity contribution in [2.75, 3.05) is 17.2 Å². The molecule has 0 spiro atoms. The van der Waals surface area contributed by atoms with Crippen molar-refractivity contribution in [3.8, 4) is 0 Å². The average molecular weight is 533 g/mol. The van der Waals surface area contributed by atoms with Crippen LogP contribution in [0.4, 0.5) is 20.2 Å². The third-order valence-corrected chi connectivity index (χ3v) is 6.93. The Labute approximate surface area is 224 Å². The molecule has 1 unspecified atom stereocenters. The van der Waals surface area contributed by atoms with Gasteiger partial charge in [-0.1, -0.05) is 64.9 Å². The molecular weight excluding hydrogens is 494 g/mol. The standard InChI is InChI=1S/C25H27ClF2N4O.2C2H6/c1-4-24(9-10-25(24,27)28)14-30-23-31-15(2)20-12-18(26)11-17(22(20)32-23)13-29-21-8-6-5-7-19(21)16(3)33;2*1-2/h5-8,11-12,29H,2,4,9-10,13-14H2,1,3H3,(H2,30,31,32);2*1-2H3. The van der Waals surface area contributed by atoms with Gasteiger partial charge in [0.05, 0.1) is 17.6 Å². The summed E-state index contributed by atoms with van der Waals surface area (Å²) in [5.41, 5.74) is 3.18. The fraction of sp³-hybridized carbons (Fsp3) is 0.448. The van der Waals surface area contributed by atoms with Crippen LogP contribution in [-0.2, 0) is 6.54 Å². The van der Waals surface area contributed by atoms with Crippen LogP contribution in [-0.4, -0.2) is 24.2 Å². The van der Waals surface area contributed by atoms with E-state index in [0.717, 1.165) is 22.5 Å². The molecule has 1 atom stereocenters. The predicted molar refractivity (Wildman–Crippen MR) is 153 cm³/mol. The number of anilines is 2. The molecule has 0 radical (unpaired) electrons. The first-order chi connectivity index (χ1) is 17.7. The minimum atomic E-state index is -2.69. The Balaban J connectivity index is 0.00000115. The summed E-state index contributed by atoms with van der Waals surface area (Å²) in [6.45, 7) is 15.8. The zero-order chi connectivity index (χ0) is 27.8. The summed E-state index contributed by atoms with van der Waals surface area (Å²) < 4.78 is 28.4. The number of rotatable bonds is 7. The van der Waals surface area contributed by atoms with Crippen molar-refractivity contribution in [3.63, 3.8) is 0 Å². The summed E-state index contributed by atoms with van der Waals surface area (Å²) in [6, 6.07) is 10.9. The molecule has 1 fully saturated rings. The summed E-state index contributed by atoms with van der Waals surface area (Å²) in [6.07, 6.45) is 0.748. The van der Waals surface area contributed by atoms with Gasteiger partial charge in [0.2, 0.25) is 0 Å². The summed E-state index contributed by atoms with van der Waals surface area (Å²) in [5.74, 6) is -2.34. The van der Waals surface area contributed by atoms with Crippen LogP contribution in [0.5, 0.6) is 0 Å². The van der Waals surface area contributed by atoms with Gasteiger partial charge in [-0.2, -0.15) is 0 Å². The monoisotopic (exact) mass is 532 g/mol. The minimum Gasteiger partial charge on any atom is -0.380 e. The second-order valence-electron chi connectivity index (χ2n) is 8.67.